The largest absolute Gasteiger partial charge is 0.226 e. The maximum atomic E-state index is 4.67. The van der Waals surface area contributed by atoms with Gasteiger partial charge in [-0.3, -0.25) is 0 Å². The molecule has 0 saturated carbocycles. The molecule has 0 N–H and O–H groups in total. The van der Waals surface area contributed by atoms with Crippen LogP contribution in [0.4, 0.5) is 0 Å². The van der Waals surface area contributed by atoms with Crippen LogP contribution >= 0.6 is 12.6 Å². The minimum Gasteiger partial charge on any atom is -0.226 e. The molecule has 0 spiro atoms. The van der Waals surface area contributed by atoms with E-state index in [2.05, 4.69) is 90.3 Å². The number of tetrazole rings is 1. The Labute approximate surface area is 163 Å². The van der Waals surface area contributed by atoms with Gasteiger partial charge in [0.15, 0.2) is 0 Å². The van der Waals surface area contributed by atoms with Crippen molar-refractivity contribution in [1.29, 1.82) is 0 Å². The van der Waals surface area contributed by atoms with Gasteiger partial charge in [0.25, 0.3) is 0 Å². The standard InChI is InChI=1S/C20H20N6S/c1-13-5-4-6-16(9-13)12-25-23-19(22-24-25)17-11-21-26(20(17)27)18-10-14(2)7-8-15(18)3/h4-11,27H,12H2,1-3H3. The first kappa shape index (κ1) is 17.5. The van der Waals surface area contributed by atoms with Gasteiger partial charge in [-0.1, -0.05) is 42.0 Å². The maximum Gasteiger partial charge on any atom is 0.209 e. The Hall–Kier alpha value is -2.93. The molecule has 0 fully saturated rings. The van der Waals surface area contributed by atoms with Crippen LogP contribution in [0.3, 0.4) is 0 Å². The Kier molecular flexibility index (Phi) is 4.53. The van der Waals surface area contributed by atoms with Crippen LogP contribution in [0.5, 0.6) is 0 Å². The van der Waals surface area contributed by atoms with Gasteiger partial charge in [-0.2, -0.15) is 9.90 Å². The number of rotatable bonds is 4. The molecule has 0 unspecified atom stereocenters. The SMILES string of the molecule is Cc1cccc(Cn2nnc(-c3cnn(-c4cc(C)ccc4C)c3S)n2)c1. The van der Waals surface area contributed by atoms with Crippen LogP contribution in [0.15, 0.2) is 53.7 Å². The van der Waals surface area contributed by atoms with Gasteiger partial charge in [0, 0.05) is 0 Å². The predicted molar refractivity (Wildman–Crippen MR) is 107 cm³/mol. The highest BCUT2D eigenvalue weighted by atomic mass is 32.1. The molecule has 136 valence electrons. The summed E-state index contributed by atoms with van der Waals surface area (Å²) >= 11 is 4.67. The highest BCUT2D eigenvalue weighted by Gasteiger charge is 2.16. The van der Waals surface area contributed by atoms with Crippen molar-refractivity contribution < 1.29 is 0 Å². The van der Waals surface area contributed by atoms with Crippen molar-refractivity contribution in [2.45, 2.75) is 32.3 Å². The fourth-order valence-corrected chi connectivity index (χ4v) is 3.33. The van der Waals surface area contributed by atoms with Crippen molar-refractivity contribution in [3.63, 3.8) is 0 Å². The lowest BCUT2D eigenvalue weighted by atomic mass is 10.1. The van der Waals surface area contributed by atoms with E-state index in [0.29, 0.717) is 17.4 Å². The number of nitrogens with zero attached hydrogens (tertiary/aromatic N) is 6. The zero-order valence-electron chi connectivity index (χ0n) is 15.5. The van der Waals surface area contributed by atoms with E-state index < -0.39 is 0 Å². The van der Waals surface area contributed by atoms with Crippen LogP contribution < -0.4 is 0 Å². The van der Waals surface area contributed by atoms with Gasteiger partial charge in [0.05, 0.1) is 24.0 Å². The number of benzene rings is 2. The van der Waals surface area contributed by atoms with Crippen molar-refractivity contribution in [2.24, 2.45) is 0 Å². The summed E-state index contributed by atoms with van der Waals surface area (Å²) in [6.45, 7) is 6.75. The van der Waals surface area contributed by atoms with Crippen molar-refractivity contribution in [2.75, 3.05) is 0 Å². The normalized spacial score (nSPS) is 11.1. The lowest BCUT2D eigenvalue weighted by Crippen LogP contribution is -2.04. The summed E-state index contributed by atoms with van der Waals surface area (Å²) in [5.41, 5.74) is 6.40. The third-order valence-corrected chi connectivity index (χ3v) is 4.87. The second-order valence-corrected chi connectivity index (χ2v) is 7.14. The molecule has 2 heterocycles. The number of hydrogen-bond donors (Lipinski definition) is 1. The fourth-order valence-electron chi connectivity index (χ4n) is 3.02. The molecule has 0 radical (unpaired) electrons. The van der Waals surface area contributed by atoms with Crippen molar-refractivity contribution in [3.05, 3.63) is 70.9 Å². The molecule has 0 bridgehead atoms. The molecule has 0 atom stereocenters. The van der Waals surface area contributed by atoms with Crippen LogP contribution in [0.2, 0.25) is 0 Å². The van der Waals surface area contributed by atoms with Crippen LogP contribution in [0, 0.1) is 20.8 Å². The van der Waals surface area contributed by atoms with Gasteiger partial charge in [-0.25, -0.2) is 4.68 Å². The molecule has 2 aromatic heterocycles. The molecule has 0 aliphatic carbocycles. The molecule has 27 heavy (non-hydrogen) atoms. The first-order valence-electron chi connectivity index (χ1n) is 8.69. The zero-order valence-corrected chi connectivity index (χ0v) is 16.4. The molecule has 0 amide bonds. The highest BCUT2D eigenvalue weighted by Crippen LogP contribution is 2.27. The topological polar surface area (TPSA) is 61.4 Å². The Bertz CT molecular complexity index is 1110. The molecule has 0 saturated heterocycles. The lowest BCUT2D eigenvalue weighted by molar-refractivity contribution is 0.572. The molecule has 2 aromatic carbocycles. The van der Waals surface area contributed by atoms with E-state index in [9.17, 15) is 0 Å². The number of aromatic nitrogens is 6. The molecule has 4 rings (SSSR count). The van der Waals surface area contributed by atoms with Gasteiger partial charge in [-0.05, 0) is 48.7 Å². The van der Waals surface area contributed by atoms with Gasteiger partial charge in [-0.15, -0.1) is 22.8 Å². The smallest absolute Gasteiger partial charge is 0.209 e. The molecular formula is C20H20N6S. The Morgan fingerprint density at radius 1 is 1.00 bits per heavy atom. The summed E-state index contributed by atoms with van der Waals surface area (Å²) < 4.78 is 1.81. The monoisotopic (exact) mass is 376 g/mol. The summed E-state index contributed by atoms with van der Waals surface area (Å²) in [7, 11) is 0. The van der Waals surface area contributed by atoms with Crippen molar-refractivity contribution in [1.82, 2.24) is 30.0 Å². The van der Waals surface area contributed by atoms with Gasteiger partial charge in [0.2, 0.25) is 5.82 Å². The maximum absolute atomic E-state index is 4.67. The van der Waals surface area contributed by atoms with E-state index in [1.165, 1.54) is 11.1 Å². The second kappa shape index (κ2) is 7.00. The van der Waals surface area contributed by atoms with Crippen LogP contribution in [0.1, 0.15) is 22.3 Å². The van der Waals surface area contributed by atoms with E-state index in [4.69, 9.17) is 0 Å². The van der Waals surface area contributed by atoms with Gasteiger partial charge in [0.1, 0.15) is 5.03 Å². The molecule has 0 aliphatic heterocycles. The first-order chi connectivity index (χ1) is 13.0. The minimum atomic E-state index is 0.518. The van der Waals surface area contributed by atoms with E-state index in [-0.39, 0.29) is 0 Å². The molecule has 7 heteroatoms. The van der Waals surface area contributed by atoms with Crippen LogP contribution in [0.25, 0.3) is 17.1 Å². The summed E-state index contributed by atoms with van der Waals surface area (Å²) in [6.07, 6.45) is 1.73. The summed E-state index contributed by atoms with van der Waals surface area (Å²) in [6, 6.07) is 14.5. The number of hydrogen-bond acceptors (Lipinski definition) is 5. The third-order valence-electron chi connectivity index (χ3n) is 4.44. The van der Waals surface area contributed by atoms with Crippen molar-refractivity contribution in [3.8, 4) is 17.1 Å². The Balaban J connectivity index is 1.64. The molecule has 6 nitrogen and oxygen atoms in total. The van der Waals surface area contributed by atoms with Gasteiger partial charge >= 0.3 is 0 Å². The third kappa shape index (κ3) is 3.50. The lowest BCUT2D eigenvalue weighted by Gasteiger charge is -2.08. The average molecular weight is 376 g/mol. The van der Waals surface area contributed by atoms with E-state index in [1.807, 2.05) is 10.7 Å². The van der Waals surface area contributed by atoms with Crippen LogP contribution in [-0.2, 0) is 6.54 Å². The zero-order chi connectivity index (χ0) is 19.0. The molecule has 4 aromatic rings. The van der Waals surface area contributed by atoms with E-state index >= 15 is 0 Å². The Morgan fingerprint density at radius 2 is 1.81 bits per heavy atom. The Morgan fingerprint density at radius 3 is 2.63 bits per heavy atom. The molecular weight excluding hydrogens is 356 g/mol. The summed E-state index contributed by atoms with van der Waals surface area (Å²) in [5.74, 6) is 0.518. The minimum absolute atomic E-state index is 0.518. The first-order valence-corrected chi connectivity index (χ1v) is 9.14. The fraction of sp³-hybridized carbons (Fsp3) is 0.200. The van der Waals surface area contributed by atoms with E-state index in [0.717, 1.165) is 22.4 Å². The quantitative estimate of drug-likeness (QED) is 0.551. The number of thiol groups is 1. The van der Waals surface area contributed by atoms with Crippen molar-refractivity contribution >= 4 is 12.6 Å². The second-order valence-electron chi connectivity index (χ2n) is 6.72. The van der Waals surface area contributed by atoms with Gasteiger partial charge < -0.3 is 0 Å². The summed E-state index contributed by atoms with van der Waals surface area (Å²) in [4.78, 5) is 1.59. The highest BCUT2D eigenvalue weighted by molar-refractivity contribution is 7.80. The predicted octanol–water partition coefficient (Wildman–Crippen LogP) is 3.79. The van der Waals surface area contributed by atoms with Crippen LogP contribution in [-0.4, -0.2) is 30.0 Å². The van der Waals surface area contributed by atoms with E-state index in [1.54, 1.807) is 11.0 Å². The number of aryl methyl sites for hydroxylation is 3. The summed E-state index contributed by atoms with van der Waals surface area (Å²) in [5, 5.41) is 18.1. The average Bonchev–Trinajstić information content (AvgIpc) is 3.23. The molecule has 0 aliphatic rings.